The van der Waals surface area contributed by atoms with Crippen LogP contribution in [0.15, 0.2) is 24.3 Å². The lowest BCUT2D eigenvalue weighted by atomic mass is 10.1. The molecule has 0 unspecified atom stereocenters. The highest BCUT2D eigenvalue weighted by Gasteiger charge is 2.16. The van der Waals surface area contributed by atoms with Crippen LogP contribution in [-0.4, -0.2) is 20.1 Å². The molecule has 0 aliphatic carbocycles. The zero-order valence-electron chi connectivity index (χ0n) is 9.76. The number of nitrogens with zero attached hydrogens (tertiary/aromatic N) is 3. The molecule has 0 fully saturated rings. The molecular weight excluding hydrogens is 238 g/mol. The molecule has 0 aliphatic rings. The second kappa shape index (κ2) is 4.85. The molecule has 0 radical (unpaired) electrons. The van der Waals surface area contributed by atoms with Gasteiger partial charge in [0, 0.05) is 5.02 Å². The van der Waals surface area contributed by atoms with Gasteiger partial charge < -0.3 is 5.11 Å². The number of aromatic nitrogens is 3. The normalized spacial score (nSPS) is 11.1. The SMILES string of the molecule is CC(C)c1c(CO)nnn1-c1cccc(Cl)c1. The molecule has 1 heterocycles. The lowest BCUT2D eigenvalue weighted by Gasteiger charge is -2.10. The van der Waals surface area contributed by atoms with E-state index in [0.717, 1.165) is 11.4 Å². The van der Waals surface area contributed by atoms with Crippen LogP contribution in [-0.2, 0) is 6.61 Å². The van der Waals surface area contributed by atoms with Crippen LogP contribution < -0.4 is 0 Å². The van der Waals surface area contributed by atoms with Gasteiger partial charge in [0.15, 0.2) is 0 Å². The zero-order valence-corrected chi connectivity index (χ0v) is 10.5. The maximum atomic E-state index is 9.24. The molecule has 1 aromatic heterocycles. The Morgan fingerprint density at radius 3 is 2.76 bits per heavy atom. The maximum absolute atomic E-state index is 9.24. The molecular formula is C12H14ClN3O. The van der Waals surface area contributed by atoms with E-state index in [1.807, 2.05) is 38.1 Å². The first-order valence-corrected chi connectivity index (χ1v) is 5.82. The summed E-state index contributed by atoms with van der Waals surface area (Å²) >= 11 is 5.96. The summed E-state index contributed by atoms with van der Waals surface area (Å²) in [6.07, 6.45) is 0. The van der Waals surface area contributed by atoms with Crippen molar-refractivity contribution in [3.05, 3.63) is 40.7 Å². The lowest BCUT2D eigenvalue weighted by Crippen LogP contribution is -2.05. The van der Waals surface area contributed by atoms with Gasteiger partial charge in [-0.3, -0.25) is 0 Å². The Morgan fingerprint density at radius 2 is 2.18 bits per heavy atom. The fourth-order valence-electron chi connectivity index (χ4n) is 1.81. The van der Waals surface area contributed by atoms with Crippen molar-refractivity contribution in [1.29, 1.82) is 0 Å². The minimum Gasteiger partial charge on any atom is -0.390 e. The van der Waals surface area contributed by atoms with Gasteiger partial charge in [-0.2, -0.15) is 0 Å². The highest BCUT2D eigenvalue weighted by atomic mass is 35.5. The fraction of sp³-hybridized carbons (Fsp3) is 0.333. The van der Waals surface area contributed by atoms with Crippen molar-refractivity contribution in [2.24, 2.45) is 0 Å². The average Bonchev–Trinajstić information content (AvgIpc) is 2.72. The van der Waals surface area contributed by atoms with Crippen molar-refractivity contribution in [2.45, 2.75) is 26.4 Å². The Balaban J connectivity index is 2.56. The molecule has 2 aromatic rings. The molecule has 2 rings (SSSR count). The molecule has 4 nitrogen and oxygen atoms in total. The lowest BCUT2D eigenvalue weighted by molar-refractivity contribution is 0.275. The van der Waals surface area contributed by atoms with E-state index in [4.69, 9.17) is 11.6 Å². The Bertz CT molecular complexity index is 522. The van der Waals surface area contributed by atoms with E-state index in [0.29, 0.717) is 10.7 Å². The smallest absolute Gasteiger partial charge is 0.112 e. The van der Waals surface area contributed by atoms with Crippen LogP contribution in [0.4, 0.5) is 0 Å². The van der Waals surface area contributed by atoms with E-state index < -0.39 is 0 Å². The van der Waals surface area contributed by atoms with Crippen molar-refractivity contribution in [2.75, 3.05) is 0 Å². The number of benzene rings is 1. The van der Waals surface area contributed by atoms with Crippen LogP contribution in [0, 0.1) is 0 Å². The summed E-state index contributed by atoms with van der Waals surface area (Å²) in [5.41, 5.74) is 2.38. The number of aliphatic hydroxyl groups is 1. The molecule has 17 heavy (non-hydrogen) atoms. The van der Waals surface area contributed by atoms with Crippen molar-refractivity contribution in [3.63, 3.8) is 0 Å². The molecule has 0 saturated carbocycles. The number of hydrogen-bond donors (Lipinski definition) is 1. The first kappa shape index (κ1) is 12.1. The van der Waals surface area contributed by atoms with Gasteiger partial charge in [-0.05, 0) is 24.1 Å². The molecule has 1 aromatic carbocycles. The predicted octanol–water partition coefficient (Wildman–Crippen LogP) is 2.54. The van der Waals surface area contributed by atoms with Gasteiger partial charge in [-0.15, -0.1) is 5.10 Å². The predicted molar refractivity (Wildman–Crippen MR) is 66.4 cm³/mol. The fourth-order valence-corrected chi connectivity index (χ4v) is 1.99. The van der Waals surface area contributed by atoms with Gasteiger partial charge in [0.25, 0.3) is 0 Å². The van der Waals surface area contributed by atoms with Crippen LogP contribution in [0.3, 0.4) is 0 Å². The number of hydrogen-bond acceptors (Lipinski definition) is 3. The minimum atomic E-state index is -0.103. The number of aliphatic hydroxyl groups excluding tert-OH is 1. The van der Waals surface area contributed by atoms with Crippen LogP contribution in [0.2, 0.25) is 5.02 Å². The van der Waals surface area contributed by atoms with Crippen LogP contribution in [0.1, 0.15) is 31.2 Å². The molecule has 0 atom stereocenters. The summed E-state index contributed by atoms with van der Waals surface area (Å²) in [6, 6.07) is 7.41. The summed E-state index contributed by atoms with van der Waals surface area (Å²) < 4.78 is 1.72. The van der Waals surface area contributed by atoms with Crippen LogP contribution in [0.25, 0.3) is 5.69 Å². The van der Waals surface area contributed by atoms with Crippen molar-refractivity contribution >= 4 is 11.6 Å². The molecule has 0 aliphatic heterocycles. The third-order valence-corrected chi connectivity index (χ3v) is 2.76. The largest absolute Gasteiger partial charge is 0.390 e. The van der Waals surface area contributed by atoms with Crippen molar-refractivity contribution in [3.8, 4) is 5.69 Å². The van der Waals surface area contributed by atoms with E-state index in [-0.39, 0.29) is 12.5 Å². The summed E-state index contributed by atoms with van der Waals surface area (Å²) in [5, 5.41) is 17.9. The Labute approximate surface area is 105 Å². The Hall–Kier alpha value is -1.39. The molecule has 90 valence electrons. The first-order valence-electron chi connectivity index (χ1n) is 5.44. The van der Waals surface area contributed by atoms with Crippen LogP contribution in [0.5, 0.6) is 0 Å². The molecule has 0 bridgehead atoms. The quantitative estimate of drug-likeness (QED) is 0.912. The van der Waals surface area contributed by atoms with Gasteiger partial charge in [0.1, 0.15) is 5.69 Å². The molecule has 0 spiro atoms. The summed E-state index contributed by atoms with van der Waals surface area (Å²) in [4.78, 5) is 0. The van der Waals surface area contributed by atoms with E-state index in [9.17, 15) is 5.11 Å². The summed E-state index contributed by atoms with van der Waals surface area (Å²) in [6.45, 7) is 3.98. The third kappa shape index (κ3) is 2.33. The minimum absolute atomic E-state index is 0.103. The van der Waals surface area contributed by atoms with E-state index >= 15 is 0 Å². The monoisotopic (exact) mass is 251 g/mol. The van der Waals surface area contributed by atoms with Gasteiger partial charge in [0.05, 0.1) is 18.0 Å². The van der Waals surface area contributed by atoms with Crippen molar-refractivity contribution < 1.29 is 5.11 Å². The van der Waals surface area contributed by atoms with Gasteiger partial charge in [-0.1, -0.05) is 36.7 Å². The highest BCUT2D eigenvalue weighted by Crippen LogP contribution is 2.22. The summed E-state index contributed by atoms with van der Waals surface area (Å²) in [5.74, 6) is 0.228. The zero-order chi connectivity index (χ0) is 12.4. The third-order valence-electron chi connectivity index (χ3n) is 2.53. The molecule has 0 amide bonds. The maximum Gasteiger partial charge on any atom is 0.112 e. The topological polar surface area (TPSA) is 50.9 Å². The van der Waals surface area contributed by atoms with Gasteiger partial charge in [0.2, 0.25) is 0 Å². The number of halogens is 1. The van der Waals surface area contributed by atoms with Gasteiger partial charge in [-0.25, -0.2) is 4.68 Å². The first-order chi connectivity index (χ1) is 8.13. The number of rotatable bonds is 3. The Kier molecular flexibility index (Phi) is 3.45. The molecule has 0 saturated heterocycles. The van der Waals surface area contributed by atoms with E-state index in [1.165, 1.54) is 0 Å². The molecule has 5 heteroatoms. The molecule has 1 N–H and O–H groups in total. The average molecular weight is 252 g/mol. The van der Waals surface area contributed by atoms with Gasteiger partial charge >= 0.3 is 0 Å². The van der Waals surface area contributed by atoms with Crippen LogP contribution >= 0.6 is 11.6 Å². The Morgan fingerprint density at radius 1 is 1.41 bits per heavy atom. The standard InChI is InChI=1S/C12H14ClN3O/c1-8(2)12-11(7-17)14-15-16(12)10-5-3-4-9(13)6-10/h3-6,8,17H,7H2,1-2H3. The van der Waals surface area contributed by atoms with E-state index in [1.54, 1.807) is 4.68 Å². The van der Waals surface area contributed by atoms with E-state index in [2.05, 4.69) is 10.3 Å². The summed E-state index contributed by atoms with van der Waals surface area (Å²) in [7, 11) is 0. The highest BCUT2D eigenvalue weighted by molar-refractivity contribution is 6.30. The second-order valence-corrected chi connectivity index (χ2v) is 4.56. The second-order valence-electron chi connectivity index (χ2n) is 4.13. The van der Waals surface area contributed by atoms with Crippen molar-refractivity contribution in [1.82, 2.24) is 15.0 Å².